The Kier molecular flexibility index (Phi) is 3.62. The van der Waals surface area contributed by atoms with Crippen molar-refractivity contribution in [1.82, 2.24) is 0 Å². The Hall–Kier alpha value is 0.250. The molecule has 0 radical (unpaired) electrons. The fourth-order valence-electron chi connectivity index (χ4n) is 3.15. The van der Waals surface area contributed by atoms with Crippen LogP contribution in [-0.2, 0) is 4.74 Å². The predicted molar refractivity (Wildman–Crippen MR) is 64.4 cm³/mol. The van der Waals surface area contributed by atoms with E-state index in [0.29, 0.717) is 5.38 Å². The van der Waals surface area contributed by atoms with Gasteiger partial charge in [0.15, 0.2) is 0 Å². The SMILES string of the molecule is CC(C)C1CCC2(CC1)CC(Cl)CCO2. The first-order valence-corrected chi connectivity index (χ1v) is 6.83. The molecule has 1 aliphatic heterocycles. The molecule has 0 amide bonds. The first kappa shape index (κ1) is 11.7. The second kappa shape index (κ2) is 4.63. The molecule has 0 aromatic heterocycles. The molecular weight excluding hydrogens is 208 g/mol. The zero-order valence-electron chi connectivity index (χ0n) is 9.97. The average Bonchev–Trinajstić information content (AvgIpc) is 2.18. The number of alkyl halides is 1. The molecule has 1 nitrogen and oxygen atoms in total. The fraction of sp³-hybridized carbons (Fsp3) is 1.00. The number of halogens is 1. The van der Waals surface area contributed by atoms with Crippen molar-refractivity contribution in [2.75, 3.05) is 6.61 Å². The summed E-state index contributed by atoms with van der Waals surface area (Å²) >= 11 is 6.26. The summed E-state index contributed by atoms with van der Waals surface area (Å²) in [4.78, 5) is 0. The normalized spacial score (nSPS) is 42.4. The molecule has 1 atom stereocenters. The predicted octanol–water partition coefficient (Wildman–Crippen LogP) is 3.99. The van der Waals surface area contributed by atoms with Gasteiger partial charge in [-0.25, -0.2) is 0 Å². The topological polar surface area (TPSA) is 9.23 Å². The molecule has 1 spiro atoms. The summed E-state index contributed by atoms with van der Waals surface area (Å²) in [7, 11) is 0. The van der Waals surface area contributed by atoms with Gasteiger partial charge in [-0.3, -0.25) is 0 Å². The van der Waals surface area contributed by atoms with E-state index >= 15 is 0 Å². The second-order valence-corrected chi connectivity index (χ2v) is 6.32. The van der Waals surface area contributed by atoms with Crippen LogP contribution in [0.15, 0.2) is 0 Å². The molecule has 0 N–H and O–H groups in total. The van der Waals surface area contributed by atoms with Crippen LogP contribution < -0.4 is 0 Å². The molecule has 88 valence electrons. The first-order chi connectivity index (χ1) is 7.11. The van der Waals surface area contributed by atoms with Crippen molar-refractivity contribution in [3.63, 3.8) is 0 Å². The maximum Gasteiger partial charge on any atom is 0.0696 e. The third-order valence-corrected chi connectivity index (χ3v) is 4.69. The largest absolute Gasteiger partial charge is 0.375 e. The zero-order valence-corrected chi connectivity index (χ0v) is 10.7. The van der Waals surface area contributed by atoms with Gasteiger partial charge >= 0.3 is 0 Å². The molecule has 0 aromatic carbocycles. The molecule has 1 saturated heterocycles. The van der Waals surface area contributed by atoms with Gasteiger partial charge in [-0.15, -0.1) is 11.6 Å². The van der Waals surface area contributed by atoms with Crippen LogP contribution in [0.3, 0.4) is 0 Å². The van der Waals surface area contributed by atoms with E-state index in [0.717, 1.165) is 31.3 Å². The van der Waals surface area contributed by atoms with Crippen molar-refractivity contribution in [1.29, 1.82) is 0 Å². The molecule has 1 heterocycles. The van der Waals surface area contributed by atoms with Crippen molar-refractivity contribution in [2.24, 2.45) is 11.8 Å². The number of hydrogen-bond acceptors (Lipinski definition) is 1. The number of hydrogen-bond donors (Lipinski definition) is 0. The molecule has 2 rings (SSSR count). The van der Waals surface area contributed by atoms with Crippen LogP contribution in [0, 0.1) is 11.8 Å². The maximum absolute atomic E-state index is 6.26. The minimum absolute atomic E-state index is 0.163. The van der Waals surface area contributed by atoms with Gasteiger partial charge in [-0.1, -0.05) is 13.8 Å². The van der Waals surface area contributed by atoms with Crippen LogP contribution in [0.2, 0.25) is 0 Å². The van der Waals surface area contributed by atoms with Crippen molar-refractivity contribution in [2.45, 2.75) is 63.4 Å². The van der Waals surface area contributed by atoms with Crippen LogP contribution in [0.4, 0.5) is 0 Å². The number of rotatable bonds is 1. The molecule has 15 heavy (non-hydrogen) atoms. The third-order valence-electron chi connectivity index (χ3n) is 4.32. The van der Waals surface area contributed by atoms with E-state index in [1.54, 1.807) is 0 Å². The van der Waals surface area contributed by atoms with E-state index in [1.807, 2.05) is 0 Å². The van der Waals surface area contributed by atoms with Gasteiger partial charge < -0.3 is 4.74 Å². The Balaban J connectivity index is 1.90. The second-order valence-electron chi connectivity index (χ2n) is 5.70. The molecule has 2 aliphatic rings. The van der Waals surface area contributed by atoms with E-state index in [1.165, 1.54) is 25.7 Å². The van der Waals surface area contributed by atoms with Crippen LogP contribution >= 0.6 is 11.6 Å². The van der Waals surface area contributed by atoms with Crippen molar-refractivity contribution < 1.29 is 4.74 Å². The quantitative estimate of drug-likeness (QED) is 0.619. The summed E-state index contributed by atoms with van der Waals surface area (Å²) in [5.74, 6) is 1.74. The fourth-order valence-corrected chi connectivity index (χ4v) is 3.52. The molecule has 1 unspecified atom stereocenters. The van der Waals surface area contributed by atoms with Crippen molar-refractivity contribution >= 4 is 11.6 Å². The van der Waals surface area contributed by atoms with Gasteiger partial charge in [0.2, 0.25) is 0 Å². The molecule has 0 bridgehead atoms. The molecule has 2 fully saturated rings. The lowest BCUT2D eigenvalue weighted by atomic mass is 9.72. The lowest BCUT2D eigenvalue weighted by Crippen LogP contribution is -2.43. The maximum atomic E-state index is 6.26. The lowest BCUT2D eigenvalue weighted by Gasteiger charge is -2.44. The Labute approximate surface area is 98.5 Å². The van der Waals surface area contributed by atoms with Gasteiger partial charge in [0.1, 0.15) is 0 Å². The monoisotopic (exact) mass is 230 g/mol. The third kappa shape index (κ3) is 2.68. The van der Waals surface area contributed by atoms with E-state index in [4.69, 9.17) is 16.3 Å². The van der Waals surface area contributed by atoms with E-state index in [9.17, 15) is 0 Å². The minimum Gasteiger partial charge on any atom is -0.375 e. The zero-order chi connectivity index (χ0) is 10.9. The highest BCUT2D eigenvalue weighted by Gasteiger charge is 2.40. The van der Waals surface area contributed by atoms with Crippen LogP contribution in [0.25, 0.3) is 0 Å². The van der Waals surface area contributed by atoms with Crippen LogP contribution in [0.5, 0.6) is 0 Å². The van der Waals surface area contributed by atoms with Gasteiger partial charge in [-0.2, -0.15) is 0 Å². The van der Waals surface area contributed by atoms with Crippen molar-refractivity contribution in [3.05, 3.63) is 0 Å². The Bertz CT molecular complexity index is 207. The molecule has 1 saturated carbocycles. The Morgan fingerprint density at radius 2 is 1.87 bits per heavy atom. The highest BCUT2D eigenvalue weighted by Crippen LogP contribution is 2.43. The smallest absolute Gasteiger partial charge is 0.0696 e. The Morgan fingerprint density at radius 1 is 1.20 bits per heavy atom. The minimum atomic E-state index is 0.163. The molecule has 2 heteroatoms. The molecule has 1 aliphatic carbocycles. The first-order valence-electron chi connectivity index (χ1n) is 6.39. The standard InChI is InChI=1S/C13H23ClO/c1-10(2)11-3-6-13(7-4-11)9-12(14)5-8-15-13/h10-12H,3-9H2,1-2H3. The highest BCUT2D eigenvalue weighted by atomic mass is 35.5. The summed E-state index contributed by atoms with van der Waals surface area (Å²) in [6, 6.07) is 0. The lowest BCUT2D eigenvalue weighted by molar-refractivity contribution is -0.107. The average molecular weight is 231 g/mol. The van der Waals surface area contributed by atoms with Gasteiger partial charge in [0, 0.05) is 12.0 Å². The van der Waals surface area contributed by atoms with Crippen LogP contribution in [-0.4, -0.2) is 17.6 Å². The highest BCUT2D eigenvalue weighted by molar-refractivity contribution is 6.20. The van der Waals surface area contributed by atoms with Crippen molar-refractivity contribution in [3.8, 4) is 0 Å². The molecular formula is C13H23ClO. The summed E-state index contributed by atoms with van der Waals surface area (Å²) in [5.41, 5.74) is 0.163. The number of ether oxygens (including phenoxy) is 1. The van der Waals surface area contributed by atoms with E-state index in [2.05, 4.69) is 13.8 Å². The summed E-state index contributed by atoms with van der Waals surface area (Å²) in [6.45, 7) is 5.56. The van der Waals surface area contributed by atoms with Crippen LogP contribution in [0.1, 0.15) is 52.4 Å². The Morgan fingerprint density at radius 3 is 2.40 bits per heavy atom. The van der Waals surface area contributed by atoms with E-state index in [-0.39, 0.29) is 5.60 Å². The van der Waals surface area contributed by atoms with E-state index < -0.39 is 0 Å². The summed E-state index contributed by atoms with van der Waals surface area (Å²) in [6.07, 6.45) is 7.26. The summed E-state index contributed by atoms with van der Waals surface area (Å²) < 4.78 is 6.02. The summed E-state index contributed by atoms with van der Waals surface area (Å²) in [5, 5.41) is 0.356. The van der Waals surface area contributed by atoms with Gasteiger partial charge in [0.05, 0.1) is 5.60 Å². The van der Waals surface area contributed by atoms with Gasteiger partial charge in [0.25, 0.3) is 0 Å². The molecule has 0 aromatic rings. The van der Waals surface area contributed by atoms with Gasteiger partial charge in [-0.05, 0) is 50.4 Å².